The zero-order valence-electron chi connectivity index (χ0n) is 23.5. The summed E-state index contributed by atoms with van der Waals surface area (Å²) in [6.45, 7) is -0.304. The number of esters is 2. The van der Waals surface area contributed by atoms with Gasteiger partial charge in [0.15, 0.2) is 12.2 Å². The van der Waals surface area contributed by atoms with Gasteiger partial charge in [-0.1, -0.05) is 78.5 Å². The molecule has 0 amide bonds. The molecule has 0 aromatic heterocycles. The zero-order valence-corrected chi connectivity index (χ0v) is 24.3. The molecule has 8 nitrogen and oxygen atoms in total. The Labute approximate surface area is 254 Å². The first-order valence-corrected chi connectivity index (χ1v) is 14.7. The van der Waals surface area contributed by atoms with E-state index in [-0.39, 0.29) is 6.61 Å². The number of carbonyl (C=O) groups is 2. The number of ether oxygens (including phenoxy) is 5. The van der Waals surface area contributed by atoms with Crippen molar-refractivity contribution in [2.24, 2.45) is 0 Å². The Morgan fingerprint density at radius 2 is 1.26 bits per heavy atom. The molecule has 0 saturated carbocycles. The Balaban J connectivity index is 1.50. The molecule has 0 aliphatic carbocycles. The molecule has 1 saturated heterocycles. The molecule has 0 unspecified atom stereocenters. The minimum atomic E-state index is -1.12. The van der Waals surface area contributed by atoms with Gasteiger partial charge in [-0.3, -0.25) is 0 Å². The number of rotatable bonds is 11. The van der Waals surface area contributed by atoms with Gasteiger partial charge in [-0.2, -0.15) is 0 Å². The summed E-state index contributed by atoms with van der Waals surface area (Å²) in [4.78, 5) is 27.6. The number of thioether (sulfide) groups is 1. The molecule has 0 radical (unpaired) electrons. The van der Waals surface area contributed by atoms with Crippen molar-refractivity contribution < 1.29 is 38.4 Å². The molecule has 4 aromatic rings. The Bertz CT molecular complexity index is 1450. The van der Waals surface area contributed by atoms with Crippen LogP contribution in [0.3, 0.4) is 0 Å². The van der Waals surface area contributed by atoms with Gasteiger partial charge in [0.1, 0.15) is 23.4 Å². The average molecular weight is 601 g/mol. The quantitative estimate of drug-likeness (QED) is 0.222. The monoisotopic (exact) mass is 600 g/mol. The van der Waals surface area contributed by atoms with E-state index in [4.69, 9.17) is 23.7 Å². The maximum Gasteiger partial charge on any atom is 0.338 e. The fraction of sp³-hybridized carbons (Fsp3) is 0.235. The first-order chi connectivity index (χ1) is 21.1. The molecule has 222 valence electrons. The molecule has 5 rings (SSSR count). The minimum absolute atomic E-state index is 0.115. The van der Waals surface area contributed by atoms with E-state index >= 15 is 0 Å². The fourth-order valence-electron chi connectivity index (χ4n) is 4.66. The van der Waals surface area contributed by atoms with Crippen LogP contribution in [-0.2, 0) is 25.6 Å². The fourth-order valence-corrected chi connectivity index (χ4v) is 5.79. The third-order valence-corrected chi connectivity index (χ3v) is 8.03. The van der Waals surface area contributed by atoms with E-state index < -0.39 is 48.4 Å². The van der Waals surface area contributed by atoms with E-state index in [1.54, 1.807) is 67.8 Å². The van der Waals surface area contributed by atoms with Crippen molar-refractivity contribution in [3.63, 3.8) is 0 Å². The molecule has 0 bridgehead atoms. The van der Waals surface area contributed by atoms with Crippen LogP contribution < -0.4 is 4.74 Å². The number of hydrogen-bond acceptors (Lipinski definition) is 9. The highest BCUT2D eigenvalue weighted by molar-refractivity contribution is 7.99. The summed E-state index contributed by atoms with van der Waals surface area (Å²) >= 11 is 1.30. The van der Waals surface area contributed by atoms with Crippen LogP contribution in [0.15, 0.2) is 120 Å². The molecule has 0 spiro atoms. The normalized spacial score (nSPS) is 21.5. The highest BCUT2D eigenvalue weighted by atomic mass is 32.2. The molecule has 1 aliphatic heterocycles. The predicted octanol–water partition coefficient (Wildman–Crippen LogP) is 5.54. The van der Waals surface area contributed by atoms with Crippen LogP contribution >= 0.6 is 11.8 Å². The number of aliphatic hydroxyl groups excluding tert-OH is 1. The van der Waals surface area contributed by atoms with Crippen LogP contribution in [0.1, 0.15) is 26.3 Å². The van der Waals surface area contributed by atoms with E-state index in [1.807, 2.05) is 54.6 Å². The second-order valence-electron chi connectivity index (χ2n) is 9.75. The third-order valence-electron chi connectivity index (χ3n) is 6.87. The Hall–Kier alpha value is -4.15. The number of benzene rings is 4. The van der Waals surface area contributed by atoms with Gasteiger partial charge in [0.05, 0.1) is 31.5 Å². The number of aliphatic hydroxyl groups is 1. The average Bonchev–Trinajstić information content (AvgIpc) is 3.06. The standard InChI is InChI=1S/C34H32O8S/c1-38-26-19-17-23(18-20-26)22-39-29-28(21-35)40-34(43-27-15-9-4-10-16-27)31(42-33(37)25-13-7-3-8-14-25)30(29)41-32(36)24-11-5-2-6-12-24/h2-20,28-31,34-35H,21-22H2,1H3/t28-,29-,30+,31-,34+/m1/s1. The lowest BCUT2D eigenvalue weighted by Gasteiger charge is -2.44. The molecule has 1 aliphatic rings. The lowest BCUT2D eigenvalue weighted by atomic mass is 9.98. The largest absolute Gasteiger partial charge is 0.497 e. The predicted molar refractivity (Wildman–Crippen MR) is 161 cm³/mol. The van der Waals surface area contributed by atoms with Crippen molar-refractivity contribution in [3.05, 3.63) is 132 Å². The van der Waals surface area contributed by atoms with Gasteiger partial charge in [0, 0.05) is 4.90 Å². The molecule has 4 aromatic carbocycles. The molecule has 9 heteroatoms. The smallest absolute Gasteiger partial charge is 0.338 e. The van der Waals surface area contributed by atoms with Gasteiger partial charge < -0.3 is 28.8 Å². The molecule has 1 heterocycles. The summed E-state index contributed by atoms with van der Waals surface area (Å²) in [5.41, 5.74) is 0.647. The van der Waals surface area contributed by atoms with E-state index in [0.29, 0.717) is 16.9 Å². The second kappa shape index (κ2) is 14.8. The molecule has 43 heavy (non-hydrogen) atoms. The van der Waals surface area contributed by atoms with Gasteiger partial charge in [-0.25, -0.2) is 9.59 Å². The van der Waals surface area contributed by atoms with Gasteiger partial charge >= 0.3 is 11.9 Å². The second-order valence-corrected chi connectivity index (χ2v) is 10.9. The zero-order chi connectivity index (χ0) is 30.0. The maximum absolute atomic E-state index is 13.4. The highest BCUT2D eigenvalue weighted by Crippen LogP contribution is 2.38. The third kappa shape index (κ3) is 7.82. The molecule has 1 fully saturated rings. The van der Waals surface area contributed by atoms with Crippen LogP contribution in [0, 0.1) is 0 Å². The summed E-state index contributed by atoms with van der Waals surface area (Å²) in [5.74, 6) is -0.530. The summed E-state index contributed by atoms with van der Waals surface area (Å²) < 4.78 is 30.1. The Morgan fingerprint density at radius 3 is 1.79 bits per heavy atom. The van der Waals surface area contributed by atoms with Gasteiger partial charge in [-0.15, -0.1) is 0 Å². The Kier molecular flexibility index (Phi) is 10.5. The van der Waals surface area contributed by atoms with E-state index in [0.717, 1.165) is 10.5 Å². The first kappa shape index (κ1) is 30.3. The van der Waals surface area contributed by atoms with Crippen LogP contribution in [0.25, 0.3) is 0 Å². The summed E-state index contributed by atoms with van der Waals surface area (Å²) in [7, 11) is 1.59. The van der Waals surface area contributed by atoms with E-state index in [9.17, 15) is 14.7 Å². The van der Waals surface area contributed by atoms with Crippen molar-refractivity contribution in [2.75, 3.05) is 13.7 Å². The van der Waals surface area contributed by atoms with Crippen LogP contribution in [0.4, 0.5) is 0 Å². The van der Waals surface area contributed by atoms with Crippen molar-refractivity contribution in [1.29, 1.82) is 0 Å². The maximum atomic E-state index is 13.4. The van der Waals surface area contributed by atoms with Gasteiger partial charge in [0.2, 0.25) is 0 Å². The number of methoxy groups -OCH3 is 1. The molecular weight excluding hydrogens is 568 g/mol. The summed E-state index contributed by atoms with van der Waals surface area (Å²) in [6.07, 6.45) is -4.07. The first-order valence-electron chi connectivity index (χ1n) is 13.8. The van der Waals surface area contributed by atoms with Gasteiger partial charge in [-0.05, 0) is 54.1 Å². The molecular formula is C34H32O8S. The summed E-state index contributed by atoms with van der Waals surface area (Å²) in [5, 5.41) is 10.4. The van der Waals surface area contributed by atoms with Crippen LogP contribution in [0.2, 0.25) is 0 Å². The lowest BCUT2D eigenvalue weighted by Crippen LogP contribution is -2.61. The number of hydrogen-bond donors (Lipinski definition) is 1. The van der Waals surface area contributed by atoms with Crippen molar-refractivity contribution >= 4 is 23.7 Å². The number of carbonyl (C=O) groups excluding carboxylic acids is 2. The van der Waals surface area contributed by atoms with Crippen molar-refractivity contribution in [2.45, 2.75) is 41.4 Å². The Morgan fingerprint density at radius 1 is 0.721 bits per heavy atom. The molecule has 1 N–H and O–H groups in total. The highest BCUT2D eigenvalue weighted by Gasteiger charge is 2.51. The topological polar surface area (TPSA) is 101 Å². The van der Waals surface area contributed by atoms with Crippen molar-refractivity contribution in [1.82, 2.24) is 0 Å². The van der Waals surface area contributed by atoms with Crippen LogP contribution in [0.5, 0.6) is 5.75 Å². The van der Waals surface area contributed by atoms with Gasteiger partial charge in [0.25, 0.3) is 0 Å². The summed E-state index contributed by atoms with van der Waals surface area (Å²) in [6, 6.07) is 33.9. The SMILES string of the molecule is COc1ccc(CO[C@H]2[C@H](OC(=O)c3ccccc3)[C@@H](OC(=O)c3ccccc3)[C@H](Sc3ccccc3)O[C@@H]2CO)cc1. The minimum Gasteiger partial charge on any atom is -0.497 e. The van der Waals surface area contributed by atoms with E-state index in [2.05, 4.69) is 0 Å². The van der Waals surface area contributed by atoms with Crippen LogP contribution in [-0.4, -0.2) is 60.6 Å². The van der Waals surface area contributed by atoms with Crippen molar-refractivity contribution in [3.8, 4) is 5.75 Å². The van der Waals surface area contributed by atoms with E-state index in [1.165, 1.54) is 11.8 Å². The molecule has 5 atom stereocenters. The lowest BCUT2D eigenvalue weighted by molar-refractivity contribution is -0.224.